The van der Waals surface area contributed by atoms with E-state index in [0.29, 0.717) is 25.7 Å². The molecule has 0 saturated heterocycles. The molecule has 184 valence electrons. The fourth-order valence-electron chi connectivity index (χ4n) is 3.18. The summed E-state index contributed by atoms with van der Waals surface area (Å²) in [6, 6.07) is 7.97. The second-order valence-corrected chi connectivity index (χ2v) is 10.2. The molecule has 3 rings (SSSR count). The minimum Gasteiger partial charge on any atom is -0.474 e. The quantitative estimate of drug-likeness (QED) is 0.160. The number of ether oxygens (including phenoxy) is 2. The average Bonchev–Trinajstić information content (AvgIpc) is 2.77. The monoisotopic (exact) mass is 608 g/mol. The molecule has 0 aliphatic carbocycles. The van der Waals surface area contributed by atoms with Gasteiger partial charge in [-0.05, 0) is 31.2 Å². The molecule has 0 amide bonds. The number of nitro groups is 1. The van der Waals surface area contributed by atoms with Gasteiger partial charge in [0.05, 0.1) is 28.6 Å². The number of nitrogens with zero attached hydrogens (tertiary/aromatic N) is 4. The third kappa shape index (κ3) is 6.12. The summed E-state index contributed by atoms with van der Waals surface area (Å²) in [5, 5.41) is 16.4. The van der Waals surface area contributed by atoms with Gasteiger partial charge in [0.15, 0.2) is 6.61 Å². The van der Waals surface area contributed by atoms with E-state index in [9.17, 15) is 19.7 Å². The van der Waals surface area contributed by atoms with Crippen LogP contribution in [0.4, 0.5) is 5.69 Å². The summed E-state index contributed by atoms with van der Waals surface area (Å²) in [6.45, 7) is 6.92. The fourth-order valence-corrected chi connectivity index (χ4v) is 4.01. The molecule has 0 saturated carbocycles. The van der Waals surface area contributed by atoms with E-state index in [1.807, 2.05) is 20.8 Å². The lowest BCUT2D eigenvalue weighted by atomic mass is 9.95. The molecule has 12 heteroatoms. The van der Waals surface area contributed by atoms with Gasteiger partial charge < -0.3 is 9.47 Å². The molecule has 0 fully saturated rings. The molecule has 0 radical (unpaired) electrons. The Morgan fingerprint density at radius 2 is 1.94 bits per heavy atom. The van der Waals surface area contributed by atoms with Crippen molar-refractivity contribution in [1.29, 1.82) is 0 Å². The van der Waals surface area contributed by atoms with Gasteiger partial charge in [0.2, 0.25) is 5.75 Å². The van der Waals surface area contributed by atoms with Gasteiger partial charge in [-0.25, -0.2) is 9.78 Å². The van der Waals surface area contributed by atoms with Gasteiger partial charge in [0.25, 0.3) is 5.56 Å². The molecule has 2 aromatic carbocycles. The number of hydrogen-bond acceptors (Lipinski definition) is 8. The number of fused-ring (bicyclic) bond motifs is 1. The number of esters is 1. The third-order valence-electron chi connectivity index (χ3n) is 4.69. The van der Waals surface area contributed by atoms with Crippen molar-refractivity contribution in [3.63, 3.8) is 0 Å². The highest BCUT2D eigenvalue weighted by Gasteiger charge is 2.24. The summed E-state index contributed by atoms with van der Waals surface area (Å²) >= 11 is 6.61. The van der Waals surface area contributed by atoms with Gasteiger partial charge in [-0.3, -0.25) is 14.9 Å². The molecule has 0 aliphatic rings. The molecule has 1 aromatic heterocycles. The van der Waals surface area contributed by atoms with E-state index >= 15 is 0 Å². The van der Waals surface area contributed by atoms with Gasteiger partial charge in [-0.15, -0.1) is 0 Å². The van der Waals surface area contributed by atoms with Crippen LogP contribution in [-0.4, -0.2) is 40.0 Å². The van der Waals surface area contributed by atoms with Crippen molar-refractivity contribution in [2.75, 3.05) is 13.2 Å². The summed E-state index contributed by atoms with van der Waals surface area (Å²) in [4.78, 5) is 40.8. The summed E-state index contributed by atoms with van der Waals surface area (Å²) in [6.07, 6.45) is 1.26. The maximum absolute atomic E-state index is 13.4. The third-order valence-corrected chi connectivity index (χ3v) is 5.64. The lowest BCUT2D eigenvalue weighted by molar-refractivity contribution is -0.385. The maximum atomic E-state index is 13.4. The van der Waals surface area contributed by atoms with Crippen molar-refractivity contribution in [3.05, 3.63) is 71.1 Å². The first-order valence-electron chi connectivity index (χ1n) is 10.5. The Kier molecular flexibility index (Phi) is 8.06. The van der Waals surface area contributed by atoms with Crippen LogP contribution in [0.3, 0.4) is 0 Å². The zero-order valence-electron chi connectivity index (χ0n) is 19.4. The number of benzene rings is 2. The predicted octanol–water partition coefficient (Wildman–Crippen LogP) is 4.95. The largest absolute Gasteiger partial charge is 0.474 e. The number of rotatable bonds is 7. The smallest absolute Gasteiger partial charge is 0.344 e. The first kappa shape index (κ1) is 26.5. The van der Waals surface area contributed by atoms with Crippen molar-refractivity contribution < 1.29 is 19.2 Å². The van der Waals surface area contributed by atoms with Crippen LogP contribution in [0.25, 0.3) is 10.9 Å². The molecule has 0 aliphatic heterocycles. The molecule has 10 nitrogen and oxygen atoms in total. The van der Waals surface area contributed by atoms with Crippen LogP contribution in [0.5, 0.6) is 5.75 Å². The summed E-state index contributed by atoms with van der Waals surface area (Å²) < 4.78 is 12.6. The standard InChI is InChI=1S/C23H22Br2N4O6/c1-5-34-19(30)12-35-20-13(8-15(25)10-18(20)29(32)33)11-26-28-21(31)16-9-14(24)6-7-17(16)27-22(28)23(2,3)4/h6-11H,5,12H2,1-4H3. The van der Waals surface area contributed by atoms with Crippen molar-refractivity contribution in [2.45, 2.75) is 33.1 Å². The van der Waals surface area contributed by atoms with Crippen molar-refractivity contribution in [3.8, 4) is 5.75 Å². The number of hydrogen-bond donors (Lipinski definition) is 0. The Labute approximate surface area is 217 Å². The Bertz CT molecular complexity index is 1400. The second kappa shape index (κ2) is 10.6. The van der Waals surface area contributed by atoms with E-state index in [0.717, 1.165) is 4.68 Å². The van der Waals surface area contributed by atoms with Crippen molar-refractivity contribution in [1.82, 2.24) is 9.66 Å². The zero-order chi connectivity index (χ0) is 25.9. The van der Waals surface area contributed by atoms with Crippen LogP contribution in [0.1, 0.15) is 39.1 Å². The molecular formula is C23H22Br2N4O6. The van der Waals surface area contributed by atoms with Crippen LogP contribution in [0.2, 0.25) is 0 Å². The summed E-state index contributed by atoms with van der Waals surface area (Å²) in [7, 11) is 0. The second-order valence-electron chi connectivity index (χ2n) is 8.40. The van der Waals surface area contributed by atoms with Crippen molar-refractivity contribution >= 4 is 60.6 Å². The summed E-state index contributed by atoms with van der Waals surface area (Å²) in [5.74, 6) is -0.466. The number of halogens is 2. The molecule has 0 atom stereocenters. The van der Waals surface area contributed by atoms with Crippen LogP contribution in [-0.2, 0) is 14.9 Å². The zero-order valence-corrected chi connectivity index (χ0v) is 22.5. The van der Waals surface area contributed by atoms with Gasteiger partial charge in [-0.2, -0.15) is 9.78 Å². The van der Waals surface area contributed by atoms with E-state index < -0.39 is 28.5 Å². The van der Waals surface area contributed by atoms with E-state index in [1.165, 1.54) is 18.3 Å². The first-order valence-corrected chi connectivity index (χ1v) is 12.0. The molecular weight excluding hydrogens is 588 g/mol. The Morgan fingerprint density at radius 3 is 2.57 bits per heavy atom. The number of carbonyl (C=O) groups excluding carboxylic acids is 1. The van der Waals surface area contributed by atoms with E-state index in [1.54, 1.807) is 25.1 Å². The van der Waals surface area contributed by atoms with Gasteiger partial charge >= 0.3 is 11.7 Å². The first-order chi connectivity index (χ1) is 16.4. The molecule has 0 spiro atoms. The molecule has 0 N–H and O–H groups in total. The molecule has 0 unspecified atom stereocenters. The minimum atomic E-state index is -0.678. The number of carbonyl (C=O) groups is 1. The lowest BCUT2D eigenvalue weighted by Gasteiger charge is -2.21. The van der Waals surface area contributed by atoms with Crippen LogP contribution >= 0.6 is 31.9 Å². The number of aromatic nitrogens is 2. The van der Waals surface area contributed by atoms with Crippen molar-refractivity contribution in [2.24, 2.45) is 5.10 Å². The Hall–Kier alpha value is -3.12. The average molecular weight is 610 g/mol. The minimum absolute atomic E-state index is 0.141. The Balaban J connectivity index is 2.19. The SMILES string of the molecule is CCOC(=O)COc1c(C=Nn2c(C(C)(C)C)nc3ccc(Br)cc3c2=O)cc(Br)cc1[N+](=O)[O-]. The highest BCUT2D eigenvalue weighted by atomic mass is 79.9. The molecule has 35 heavy (non-hydrogen) atoms. The van der Waals surface area contributed by atoms with E-state index in [-0.39, 0.29) is 23.6 Å². The molecule has 0 bridgehead atoms. The van der Waals surface area contributed by atoms with Gasteiger partial charge in [0.1, 0.15) is 5.82 Å². The molecule has 1 heterocycles. The van der Waals surface area contributed by atoms with Crippen LogP contribution < -0.4 is 10.3 Å². The lowest BCUT2D eigenvalue weighted by Crippen LogP contribution is -2.29. The van der Waals surface area contributed by atoms with Gasteiger partial charge in [0, 0.05) is 26.0 Å². The summed E-state index contributed by atoms with van der Waals surface area (Å²) in [5.41, 5.74) is -0.641. The number of nitro benzene ring substituents is 1. The highest BCUT2D eigenvalue weighted by Crippen LogP contribution is 2.34. The van der Waals surface area contributed by atoms with E-state index in [2.05, 4.69) is 41.9 Å². The maximum Gasteiger partial charge on any atom is 0.344 e. The topological polar surface area (TPSA) is 126 Å². The normalized spacial score (nSPS) is 11.7. The predicted molar refractivity (Wildman–Crippen MR) is 138 cm³/mol. The van der Waals surface area contributed by atoms with Crippen LogP contribution in [0, 0.1) is 10.1 Å². The van der Waals surface area contributed by atoms with E-state index in [4.69, 9.17) is 9.47 Å². The van der Waals surface area contributed by atoms with Gasteiger partial charge in [-0.1, -0.05) is 52.6 Å². The molecule has 3 aromatic rings. The van der Waals surface area contributed by atoms with Crippen LogP contribution in [0.15, 0.2) is 49.2 Å². The Morgan fingerprint density at radius 1 is 1.23 bits per heavy atom. The fraction of sp³-hybridized carbons (Fsp3) is 0.304. The highest BCUT2D eigenvalue weighted by molar-refractivity contribution is 9.10.